The first-order valence-corrected chi connectivity index (χ1v) is 9.15. The molecule has 1 aliphatic heterocycles. The molecule has 0 atom stereocenters. The van der Waals surface area contributed by atoms with Crippen molar-refractivity contribution in [2.45, 2.75) is 25.3 Å². The SMILES string of the molecule is CN1CCC(N(CCc2ccccc2)C(=O)c2c(Cl)cnn2C)CC1. The van der Waals surface area contributed by atoms with Crippen LogP contribution in [0.5, 0.6) is 0 Å². The Bertz CT molecular complexity index is 688. The van der Waals surface area contributed by atoms with E-state index in [9.17, 15) is 4.79 Å². The maximum atomic E-state index is 13.2. The van der Waals surface area contributed by atoms with Gasteiger partial charge in [-0.05, 0) is 45.0 Å². The number of likely N-dealkylation sites (tertiary alicyclic amines) is 1. The van der Waals surface area contributed by atoms with E-state index in [1.165, 1.54) is 5.56 Å². The van der Waals surface area contributed by atoms with Crippen molar-refractivity contribution in [2.24, 2.45) is 7.05 Å². The molecule has 25 heavy (non-hydrogen) atoms. The molecule has 0 saturated carbocycles. The van der Waals surface area contributed by atoms with Gasteiger partial charge in [-0.2, -0.15) is 5.10 Å². The van der Waals surface area contributed by atoms with Gasteiger partial charge >= 0.3 is 0 Å². The van der Waals surface area contributed by atoms with E-state index >= 15 is 0 Å². The first kappa shape index (κ1) is 18.0. The molecular formula is C19H25ClN4O. The second kappa shape index (κ2) is 8.02. The monoisotopic (exact) mass is 360 g/mol. The topological polar surface area (TPSA) is 41.4 Å². The molecule has 1 saturated heterocycles. The number of aryl methyl sites for hydroxylation is 1. The van der Waals surface area contributed by atoms with E-state index in [1.54, 1.807) is 17.9 Å². The standard InChI is InChI=1S/C19H25ClN4O/c1-22-11-9-16(10-12-22)24(13-8-15-6-4-3-5-7-15)19(25)18-17(20)14-21-23(18)2/h3-7,14,16H,8-13H2,1-2H3. The van der Waals surface area contributed by atoms with Crippen LogP contribution in [0.1, 0.15) is 28.9 Å². The third kappa shape index (κ3) is 4.22. The molecule has 0 aliphatic carbocycles. The lowest BCUT2D eigenvalue weighted by molar-refractivity contribution is 0.0583. The van der Waals surface area contributed by atoms with Crippen molar-refractivity contribution in [3.63, 3.8) is 0 Å². The van der Waals surface area contributed by atoms with E-state index in [0.717, 1.165) is 32.4 Å². The summed E-state index contributed by atoms with van der Waals surface area (Å²) in [7, 11) is 3.90. The van der Waals surface area contributed by atoms with E-state index in [0.29, 0.717) is 17.3 Å². The van der Waals surface area contributed by atoms with Gasteiger partial charge in [0.2, 0.25) is 0 Å². The highest BCUT2D eigenvalue weighted by atomic mass is 35.5. The number of hydrogen-bond donors (Lipinski definition) is 0. The molecule has 6 heteroatoms. The highest BCUT2D eigenvalue weighted by Gasteiger charge is 2.30. The zero-order valence-electron chi connectivity index (χ0n) is 14.9. The van der Waals surface area contributed by atoms with Crippen LogP contribution in [0.3, 0.4) is 0 Å². The number of halogens is 1. The molecule has 0 bridgehead atoms. The Morgan fingerprint density at radius 2 is 1.92 bits per heavy atom. The van der Waals surface area contributed by atoms with E-state index in [4.69, 9.17) is 11.6 Å². The summed E-state index contributed by atoms with van der Waals surface area (Å²) in [6.45, 7) is 2.72. The number of carbonyl (C=O) groups excluding carboxylic acids is 1. The summed E-state index contributed by atoms with van der Waals surface area (Å²) < 4.78 is 1.58. The van der Waals surface area contributed by atoms with Crippen LogP contribution in [0, 0.1) is 0 Å². The van der Waals surface area contributed by atoms with Crippen LogP contribution in [0.25, 0.3) is 0 Å². The summed E-state index contributed by atoms with van der Waals surface area (Å²) in [6, 6.07) is 10.5. The highest BCUT2D eigenvalue weighted by molar-refractivity contribution is 6.33. The van der Waals surface area contributed by atoms with Gasteiger partial charge in [-0.25, -0.2) is 0 Å². The normalized spacial score (nSPS) is 16.1. The van der Waals surface area contributed by atoms with Crippen LogP contribution in [0.2, 0.25) is 5.02 Å². The summed E-state index contributed by atoms with van der Waals surface area (Å²) in [5.74, 6) is -0.0181. The van der Waals surface area contributed by atoms with Crippen LogP contribution in [-0.4, -0.2) is 58.2 Å². The minimum Gasteiger partial charge on any atom is -0.334 e. The Kier molecular flexibility index (Phi) is 5.76. The van der Waals surface area contributed by atoms with Crippen molar-refractivity contribution >= 4 is 17.5 Å². The largest absolute Gasteiger partial charge is 0.334 e. The number of rotatable bonds is 5. The van der Waals surface area contributed by atoms with Crippen LogP contribution >= 0.6 is 11.6 Å². The molecule has 1 aromatic carbocycles. The molecule has 0 N–H and O–H groups in total. The molecular weight excluding hydrogens is 336 g/mol. The molecule has 0 spiro atoms. The predicted octanol–water partition coefficient (Wildman–Crippen LogP) is 2.85. The van der Waals surface area contributed by atoms with Crippen LogP contribution in [0.4, 0.5) is 0 Å². The molecule has 5 nitrogen and oxygen atoms in total. The first-order chi connectivity index (χ1) is 12.1. The minimum absolute atomic E-state index is 0.0181. The number of nitrogens with zero attached hydrogens (tertiary/aromatic N) is 4. The van der Waals surface area contributed by atoms with Crippen molar-refractivity contribution in [3.05, 3.63) is 52.8 Å². The number of piperidine rings is 1. The number of amides is 1. The lowest BCUT2D eigenvalue weighted by atomic mass is 10.0. The summed E-state index contributed by atoms with van der Waals surface area (Å²) in [4.78, 5) is 17.5. The van der Waals surface area contributed by atoms with E-state index in [1.807, 2.05) is 23.1 Å². The molecule has 2 aromatic rings. The fourth-order valence-electron chi connectivity index (χ4n) is 3.44. The van der Waals surface area contributed by atoms with Crippen molar-refractivity contribution in [1.82, 2.24) is 19.6 Å². The Morgan fingerprint density at radius 1 is 1.24 bits per heavy atom. The molecule has 1 amide bonds. The van der Waals surface area contributed by atoms with Gasteiger partial charge in [-0.3, -0.25) is 9.48 Å². The molecule has 1 aliphatic rings. The second-order valence-electron chi connectivity index (χ2n) is 6.73. The zero-order chi connectivity index (χ0) is 17.8. The van der Waals surface area contributed by atoms with Crippen molar-refractivity contribution in [1.29, 1.82) is 0 Å². The van der Waals surface area contributed by atoms with E-state index in [-0.39, 0.29) is 11.9 Å². The summed E-state index contributed by atoms with van der Waals surface area (Å²) in [5, 5.41) is 4.55. The predicted molar refractivity (Wildman–Crippen MR) is 99.9 cm³/mol. The van der Waals surface area contributed by atoms with Crippen molar-refractivity contribution in [3.8, 4) is 0 Å². The van der Waals surface area contributed by atoms with Gasteiger partial charge in [0.05, 0.1) is 11.2 Å². The zero-order valence-corrected chi connectivity index (χ0v) is 15.6. The fourth-order valence-corrected chi connectivity index (χ4v) is 3.68. The molecule has 0 radical (unpaired) electrons. The Labute approximate surface area is 154 Å². The number of aromatic nitrogens is 2. The van der Waals surface area contributed by atoms with Crippen molar-refractivity contribution < 1.29 is 4.79 Å². The average molecular weight is 361 g/mol. The first-order valence-electron chi connectivity index (χ1n) is 8.77. The summed E-state index contributed by atoms with van der Waals surface area (Å²) in [6.07, 6.45) is 4.37. The maximum Gasteiger partial charge on any atom is 0.273 e. The number of hydrogen-bond acceptors (Lipinski definition) is 3. The minimum atomic E-state index is -0.0181. The van der Waals surface area contributed by atoms with Gasteiger partial charge in [0.25, 0.3) is 5.91 Å². The molecule has 2 heterocycles. The van der Waals surface area contributed by atoms with Gasteiger partial charge in [-0.15, -0.1) is 0 Å². The smallest absolute Gasteiger partial charge is 0.273 e. The van der Waals surface area contributed by atoms with Crippen LogP contribution in [0.15, 0.2) is 36.5 Å². The molecule has 134 valence electrons. The molecule has 0 unspecified atom stereocenters. The Morgan fingerprint density at radius 3 is 2.52 bits per heavy atom. The van der Waals surface area contributed by atoms with Gasteiger partial charge in [-0.1, -0.05) is 41.9 Å². The van der Waals surface area contributed by atoms with Crippen LogP contribution < -0.4 is 0 Å². The third-order valence-corrected chi connectivity index (χ3v) is 5.25. The second-order valence-corrected chi connectivity index (χ2v) is 7.14. The number of carbonyl (C=O) groups is 1. The Hall–Kier alpha value is -1.85. The lowest BCUT2D eigenvalue weighted by Gasteiger charge is -2.37. The Balaban J connectivity index is 1.79. The van der Waals surface area contributed by atoms with Gasteiger partial charge in [0.1, 0.15) is 5.69 Å². The highest BCUT2D eigenvalue weighted by Crippen LogP contribution is 2.22. The molecule has 1 aromatic heterocycles. The average Bonchev–Trinajstić information content (AvgIpc) is 2.96. The number of benzene rings is 1. The lowest BCUT2D eigenvalue weighted by Crippen LogP contribution is -2.47. The molecule has 1 fully saturated rings. The third-order valence-electron chi connectivity index (χ3n) is 4.97. The summed E-state index contributed by atoms with van der Waals surface area (Å²) in [5.41, 5.74) is 1.72. The van der Waals surface area contributed by atoms with E-state index < -0.39 is 0 Å². The van der Waals surface area contributed by atoms with Gasteiger partial charge in [0, 0.05) is 19.6 Å². The summed E-state index contributed by atoms with van der Waals surface area (Å²) >= 11 is 6.22. The van der Waals surface area contributed by atoms with Gasteiger partial charge < -0.3 is 9.80 Å². The fraction of sp³-hybridized carbons (Fsp3) is 0.474. The van der Waals surface area contributed by atoms with Crippen molar-refractivity contribution in [2.75, 3.05) is 26.7 Å². The van der Waals surface area contributed by atoms with Crippen LogP contribution in [-0.2, 0) is 13.5 Å². The van der Waals surface area contributed by atoms with E-state index in [2.05, 4.69) is 29.2 Å². The molecule has 3 rings (SSSR count). The maximum absolute atomic E-state index is 13.2. The quantitative estimate of drug-likeness (QED) is 0.823. The van der Waals surface area contributed by atoms with Gasteiger partial charge in [0.15, 0.2) is 0 Å².